The highest BCUT2D eigenvalue weighted by molar-refractivity contribution is 5.95. The van der Waals surface area contributed by atoms with Crippen molar-refractivity contribution in [2.24, 2.45) is 7.05 Å². The fourth-order valence-corrected chi connectivity index (χ4v) is 4.68. The highest BCUT2D eigenvalue weighted by Gasteiger charge is 2.35. The monoisotopic (exact) mass is 462 g/mol. The van der Waals surface area contributed by atoms with Gasteiger partial charge in [-0.15, -0.1) is 0 Å². The minimum atomic E-state index is -0.634. The Kier molecular flexibility index (Phi) is 5.28. The fourth-order valence-electron chi connectivity index (χ4n) is 4.68. The van der Waals surface area contributed by atoms with Gasteiger partial charge in [-0.05, 0) is 24.3 Å². The van der Waals surface area contributed by atoms with Gasteiger partial charge in [0.2, 0.25) is 5.69 Å². The van der Waals surface area contributed by atoms with Crippen LogP contribution < -0.4 is 5.32 Å². The topological polar surface area (TPSA) is 92.7 Å². The second kappa shape index (κ2) is 8.30. The standard InChI is InChI=1S/C23H23FN8O2/c1-25-19-10-15(4-5-17(19)24)27-23(34)31-9-7-18-16(13-31)21-22(33)29(2)11-14(12-32(21)28-18)20-6-8-26-30(20)3/h4-6,8,10,14H,7,9,11-13H2,2-3H3,(H,27,34). The molecule has 0 spiro atoms. The van der Waals surface area contributed by atoms with E-state index in [1.807, 2.05) is 17.8 Å². The molecule has 2 aliphatic rings. The predicted octanol–water partition coefficient (Wildman–Crippen LogP) is 2.77. The highest BCUT2D eigenvalue weighted by Crippen LogP contribution is 2.30. The molecule has 0 aliphatic carbocycles. The maximum absolute atomic E-state index is 13.6. The van der Waals surface area contributed by atoms with E-state index < -0.39 is 5.82 Å². The summed E-state index contributed by atoms with van der Waals surface area (Å²) < 4.78 is 17.2. The molecule has 2 aromatic heterocycles. The summed E-state index contributed by atoms with van der Waals surface area (Å²) in [6.07, 6.45) is 2.27. The van der Waals surface area contributed by atoms with E-state index in [1.54, 1.807) is 27.7 Å². The van der Waals surface area contributed by atoms with Crippen LogP contribution in [0.2, 0.25) is 0 Å². The van der Waals surface area contributed by atoms with Gasteiger partial charge in [0.05, 0.1) is 25.4 Å². The summed E-state index contributed by atoms with van der Waals surface area (Å²) in [4.78, 5) is 32.6. The number of carbonyl (C=O) groups excluding carboxylic acids is 2. The Labute approximate surface area is 195 Å². The first-order valence-corrected chi connectivity index (χ1v) is 10.9. The van der Waals surface area contributed by atoms with Gasteiger partial charge in [0, 0.05) is 62.7 Å². The lowest BCUT2D eigenvalue weighted by atomic mass is 10.0. The van der Waals surface area contributed by atoms with Crippen molar-refractivity contribution < 1.29 is 14.0 Å². The Morgan fingerprint density at radius 2 is 2.09 bits per heavy atom. The van der Waals surface area contributed by atoms with Gasteiger partial charge in [-0.25, -0.2) is 14.0 Å². The molecule has 5 rings (SSSR count). The van der Waals surface area contributed by atoms with E-state index in [1.165, 1.54) is 12.1 Å². The number of nitrogens with one attached hydrogen (secondary N) is 1. The van der Waals surface area contributed by atoms with Crippen molar-refractivity contribution in [2.75, 3.05) is 25.5 Å². The lowest BCUT2D eigenvalue weighted by Crippen LogP contribution is -2.39. The first kappa shape index (κ1) is 21.6. The van der Waals surface area contributed by atoms with Crippen LogP contribution in [0, 0.1) is 12.4 Å². The summed E-state index contributed by atoms with van der Waals surface area (Å²) in [6.45, 7) is 8.80. The number of nitrogens with zero attached hydrogens (tertiary/aromatic N) is 7. The van der Waals surface area contributed by atoms with Crippen LogP contribution in [0.5, 0.6) is 0 Å². The average Bonchev–Trinajstić information content (AvgIpc) is 3.38. The smallest absolute Gasteiger partial charge is 0.322 e. The van der Waals surface area contributed by atoms with E-state index in [4.69, 9.17) is 11.7 Å². The maximum atomic E-state index is 13.6. The number of rotatable bonds is 2. The summed E-state index contributed by atoms with van der Waals surface area (Å²) in [6, 6.07) is 5.45. The average molecular weight is 462 g/mol. The summed E-state index contributed by atoms with van der Waals surface area (Å²) in [5.74, 6) is -0.718. The number of aryl methyl sites for hydroxylation is 1. The van der Waals surface area contributed by atoms with E-state index in [-0.39, 0.29) is 30.1 Å². The Balaban J connectivity index is 1.40. The van der Waals surface area contributed by atoms with Gasteiger partial charge in [-0.3, -0.25) is 14.2 Å². The van der Waals surface area contributed by atoms with Crippen molar-refractivity contribution in [3.8, 4) is 0 Å². The first-order chi connectivity index (χ1) is 16.4. The van der Waals surface area contributed by atoms with Crippen LogP contribution >= 0.6 is 0 Å². The number of aromatic nitrogens is 4. The number of urea groups is 1. The molecule has 0 saturated carbocycles. The van der Waals surface area contributed by atoms with Gasteiger partial charge in [0.25, 0.3) is 5.91 Å². The number of benzene rings is 1. The third-order valence-corrected chi connectivity index (χ3v) is 6.42. The largest absolute Gasteiger partial charge is 0.340 e. The zero-order chi connectivity index (χ0) is 24.0. The number of likely N-dealkylation sites (N-methyl/N-ethyl adjacent to an activating group) is 1. The number of hydrogen-bond donors (Lipinski definition) is 1. The molecule has 1 N–H and O–H groups in total. The summed E-state index contributed by atoms with van der Waals surface area (Å²) >= 11 is 0. The van der Waals surface area contributed by atoms with Gasteiger partial charge >= 0.3 is 6.03 Å². The van der Waals surface area contributed by atoms with E-state index in [2.05, 4.69) is 15.3 Å². The number of carbonyl (C=O) groups is 2. The molecule has 0 bridgehead atoms. The van der Waals surface area contributed by atoms with Crippen LogP contribution in [0.1, 0.15) is 33.4 Å². The number of fused-ring (bicyclic) bond motifs is 3. The van der Waals surface area contributed by atoms with Crippen LogP contribution in [0.3, 0.4) is 0 Å². The Bertz CT molecular complexity index is 1340. The SMILES string of the molecule is [C-]#[N+]c1cc(NC(=O)N2CCc3nn4c(c3C2)C(=O)N(C)CC(c2ccnn2C)C4)ccc1F. The zero-order valence-corrected chi connectivity index (χ0v) is 18.8. The Morgan fingerprint density at radius 1 is 1.26 bits per heavy atom. The fraction of sp³-hybridized carbons (Fsp3) is 0.348. The molecule has 4 heterocycles. The summed E-state index contributed by atoms with van der Waals surface area (Å²) in [5.41, 5.74) is 3.30. The lowest BCUT2D eigenvalue weighted by Gasteiger charge is -2.27. The van der Waals surface area contributed by atoms with E-state index >= 15 is 0 Å². The summed E-state index contributed by atoms with van der Waals surface area (Å²) in [5, 5.41) is 11.7. The number of hydrogen-bond acceptors (Lipinski definition) is 4. The third-order valence-electron chi connectivity index (χ3n) is 6.42. The molecule has 34 heavy (non-hydrogen) atoms. The van der Waals surface area contributed by atoms with E-state index in [0.717, 1.165) is 23.0 Å². The van der Waals surface area contributed by atoms with Crippen LogP contribution in [0.4, 0.5) is 20.6 Å². The second-order valence-corrected chi connectivity index (χ2v) is 8.60. The van der Waals surface area contributed by atoms with Crippen LogP contribution in [-0.2, 0) is 26.6 Å². The van der Waals surface area contributed by atoms with Crippen LogP contribution in [0.15, 0.2) is 30.5 Å². The molecule has 1 atom stereocenters. The molecular formula is C23H23FN8O2. The van der Waals surface area contributed by atoms with Crippen molar-refractivity contribution in [1.29, 1.82) is 0 Å². The molecule has 11 heteroatoms. The van der Waals surface area contributed by atoms with Crippen molar-refractivity contribution >= 4 is 23.3 Å². The van der Waals surface area contributed by atoms with Gasteiger partial charge in [0.1, 0.15) is 11.5 Å². The van der Waals surface area contributed by atoms with Crippen LogP contribution in [-0.4, -0.2) is 61.4 Å². The molecule has 10 nitrogen and oxygen atoms in total. The molecule has 3 aromatic rings. The molecule has 2 aliphatic heterocycles. The molecule has 3 amide bonds. The lowest BCUT2D eigenvalue weighted by molar-refractivity contribution is 0.0788. The third kappa shape index (κ3) is 3.67. The quantitative estimate of drug-likeness (QED) is 0.593. The molecule has 174 valence electrons. The number of halogens is 1. The Hall–Kier alpha value is -4.20. The van der Waals surface area contributed by atoms with Crippen molar-refractivity contribution in [3.63, 3.8) is 0 Å². The van der Waals surface area contributed by atoms with Crippen LogP contribution in [0.25, 0.3) is 4.85 Å². The van der Waals surface area contributed by atoms with Gasteiger partial charge in [-0.1, -0.05) is 0 Å². The van der Waals surface area contributed by atoms with Gasteiger partial charge < -0.3 is 15.1 Å². The maximum Gasteiger partial charge on any atom is 0.322 e. The van der Waals surface area contributed by atoms with Crippen molar-refractivity contribution in [3.05, 3.63) is 70.3 Å². The van der Waals surface area contributed by atoms with Crippen molar-refractivity contribution in [1.82, 2.24) is 29.4 Å². The first-order valence-electron chi connectivity index (χ1n) is 10.9. The van der Waals surface area contributed by atoms with Crippen molar-refractivity contribution in [2.45, 2.75) is 25.4 Å². The highest BCUT2D eigenvalue weighted by atomic mass is 19.1. The molecule has 1 aromatic carbocycles. The van der Waals surface area contributed by atoms with E-state index in [0.29, 0.717) is 37.4 Å². The minimum Gasteiger partial charge on any atom is -0.340 e. The second-order valence-electron chi connectivity index (χ2n) is 8.60. The number of amides is 3. The molecular weight excluding hydrogens is 439 g/mol. The normalized spacial score (nSPS) is 17.6. The predicted molar refractivity (Wildman–Crippen MR) is 121 cm³/mol. The number of anilines is 1. The van der Waals surface area contributed by atoms with Gasteiger partial charge in [0.15, 0.2) is 0 Å². The zero-order valence-electron chi connectivity index (χ0n) is 18.8. The molecule has 1 unspecified atom stereocenters. The van der Waals surface area contributed by atoms with Gasteiger partial charge in [-0.2, -0.15) is 10.2 Å². The summed E-state index contributed by atoms with van der Waals surface area (Å²) in [7, 11) is 3.66. The molecule has 0 fully saturated rings. The van der Waals surface area contributed by atoms with E-state index in [9.17, 15) is 14.0 Å². The molecule has 0 saturated heterocycles. The molecule has 0 radical (unpaired) electrons. The minimum absolute atomic E-state index is 0.0403. The Morgan fingerprint density at radius 3 is 2.82 bits per heavy atom.